The van der Waals surface area contributed by atoms with Gasteiger partial charge in [-0.15, -0.1) is 0 Å². The van der Waals surface area contributed by atoms with Crippen molar-refractivity contribution in [2.45, 2.75) is 39.6 Å². The standard InChI is InChI=1S/C37H35N9O3/c1-21-10-13-27(41-35(48)25-12-15-29-30(16-25)43-34(47)23(3)40-32(29)24-8-6-5-7-9-24)17-31(21)46-20-26-18-39-36(44-33(26)45(4)37(46)49)42-28-14-11-22(2)38-19-28/h5-19,23,35,41,48H,20H2,1-4H3,(H,43,47)(H,39,42,44)/t23-,35?/m0/s1. The molecular formula is C37H35N9O3. The number of benzene rings is 3. The topological polar surface area (TPSA) is 148 Å². The number of aromatic nitrogens is 3. The predicted octanol–water partition coefficient (Wildman–Crippen LogP) is 6.09. The van der Waals surface area contributed by atoms with Gasteiger partial charge in [-0.3, -0.25) is 24.6 Å². The lowest BCUT2D eigenvalue weighted by Crippen LogP contribution is -2.46. The van der Waals surface area contributed by atoms with Crippen LogP contribution in [0.5, 0.6) is 0 Å². The quantitative estimate of drug-likeness (QED) is 0.154. The van der Waals surface area contributed by atoms with E-state index in [0.717, 1.165) is 33.6 Å². The third-order valence-corrected chi connectivity index (χ3v) is 8.60. The summed E-state index contributed by atoms with van der Waals surface area (Å²) in [5, 5.41) is 20.6. The summed E-state index contributed by atoms with van der Waals surface area (Å²) in [5.41, 5.74) is 8.09. The molecule has 0 radical (unpaired) electrons. The van der Waals surface area contributed by atoms with E-state index in [2.05, 4.69) is 30.9 Å². The molecule has 5 aromatic rings. The van der Waals surface area contributed by atoms with Crippen LogP contribution in [0.15, 0.2) is 96.2 Å². The highest BCUT2D eigenvalue weighted by atomic mass is 16.3. The molecule has 0 saturated carbocycles. The molecule has 2 atom stereocenters. The number of nitrogens with zero attached hydrogens (tertiary/aromatic N) is 6. The van der Waals surface area contributed by atoms with Crippen LogP contribution in [0.3, 0.4) is 0 Å². The fourth-order valence-electron chi connectivity index (χ4n) is 5.89. The fraction of sp³-hybridized carbons (Fsp3) is 0.189. The van der Waals surface area contributed by atoms with Crippen molar-refractivity contribution in [3.63, 3.8) is 0 Å². The van der Waals surface area contributed by atoms with Crippen LogP contribution < -0.4 is 25.8 Å². The lowest BCUT2D eigenvalue weighted by Gasteiger charge is -2.35. The van der Waals surface area contributed by atoms with Crippen molar-refractivity contribution in [1.29, 1.82) is 0 Å². The van der Waals surface area contributed by atoms with Crippen LogP contribution in [0.25, 0.3) is 0 Å². The molecule has 0 aliphatic carbocycles. The summed E-state index contributed by atoms with van der Waals surface area (Å²) >= 11 is 0. The molecular weight excluding hydrogens is 618 g/mol. The third-order valence-electron chi connectivity index (χ3n) is 8.60. The van der Waals surface area contributed by atoms with Crippen LogP contribution >= 0.6 is 0 Å². The molecule has 7 rings (SSSR count). The summed E-state index contributed by atoms with van der Waals surface area (Å²) in [5.74, 6) is 0.657. The Labute approximate surface area is 283 Å². The minimum atomic E-state index is -1.11. The van der Waals surface area contributed by atoms with E-state index >= 15 is 0 Å². The Hall–Kier alpha value is -6.14. The summed E-state index contributed by atoms with van der Waals surface area (Å²) in [7, 11) is 1.69. The first-order chi connectivity index (χ1) is 23.6. The van der Waals surface area contributed by atoms with E-state index < -0.39 is 12.3 Å². The van der Waals surface area contributed by atoms with Crippen LogP contribution in [0.4, 0.5) is 39.3 Å². The number of pyridine rings is 1. The number of hydrogen-bond acceptors (Lipinski definition) is 9. The number of aryl methyl sites for hydroxylation is 2. The van der Waals surface area contributed by atoms with Crippen molar-refractivity contribution in [3.8, 4) is 0 Å². The molecule has 3 aromatic carbocycles. The second-order valence-corrected chi connectivity index (χ2v) is 12.1. The SMILES string of the molecule is Cc1ccc(Nc2ncc3c(n2)N(C)C(=O)N(c2cc(NC(O)c4ccc5c(c4)NC(=O)[C@H](C)N=C5c4ccccc4)ccc2C)C3)cn1. The smallest absolute Gasteiger partial charge is 0.330 e. The van der Waals surface area contributed by atoms with Gasteiger partial charge in [0.25, 0.3) is 0 Å². The lowest BCUT2D eigenvalue weighted by molar-refractivity contribution is -0.116. The Kier molecular flexibility index (Phi) is 8.22. The Morgan fingerprint density at radius 3 is 2.51 bits per heavy atom. The van der Waals surface area contributed by atoms with Gasteiger partial charge in [0.15, 0.2) is 6.23 Å². The number of aliphatic hydroxyl groups excluding tert-OH is 1. The van der Waals surface area contributed by atoms with Crippen LogP contribution in [0.2, 0.25) is 0 Å². The summed E-state index contributed by atoms with van der Waals surface area (Å²) in [6, 6.07) is 23.7. The second kappa shape index (κ2) is 12.8. The molecule has 246 valence electrons. The molecule has 4 N–H and O–H groups in total. The van der Waals surface area contributed by atoms with Gasteiger partial charge < -0.3 is 21.1 Å². The van der Waals surface area contributed by atoms with Gasteiger partial charge in [-0.2, -0.15) is 4.98 Å². The van der Waals surface area contributed by atoms with Crippen LogP contribution in [-0.4, -0.2) is 50.8 Å². The number of anilines is 6. The zero-order chi connectivity index (χ0) is 34.2. The van der Waals surface area contributed by atoms with Gasteiger partial charge in [0.2, 0.25) is 11.9 Å². The molecule has 3 amide bonds. The highest BCUT2D eigenvalue weighted by molar-refractivity contribution is 6.19. The number of nitrogens with one attached hydrogen (secondary N) is 3. The minimum absolute atomic E-state index is 0.228. The first-order valence-electron chi connectivity index (χ1n) is 15.9. The van der Waals surface area contributed by atoms with E-state index in [4.69, 9.17) is 4.99 Å². The Balaban J connectivity index is 1.11. The van der Waals surface area contributed by atoms with Crippen LogP contribution in [0, 0.1) is 13.8 Å². The van der Waals surface area contributed by atoms with Gasteiger partial charge >= 0.3 is 6.03 Å². The van der Waals surface area contributed by atoms with Crippen molar-refractivity contribution in [2.75, 3.05) is 32.8 Å². The second-order valence-electron chi connectivity index (χ2n) is 12.1. The number of benzodiazepines with no additional fused rings is 1. The first kappa shape index (κ1) is 31.5. The van der Waals surface area contributed by atoms with Crippen molar-refractivity contribution < 1.29 is 14.7 Å². The Bertz CT molecular complexity index is 2100. The van der Waals surface area contributed by atoms with E-state index in [-0.39, 0.29) is 18.5 Å². The average molecular weight is 654 g/mol. The maximum atomic E-state index is 13.7. The number of rotatable bonds is 7. The van der Waals surface area contributed by atoms with E-state index in [1.54, 1.807) is 37.3 Å². The number of fused-ring (bicyclic) bond motifs is 2. The van der Waals surface area contributed by atoms with Crippen molar-refractivity contribution in [1.82, 2.24) is 15.0 Å². The van der Waals surface area contributed by atoms with Crippen molar-refractivity contribution >= 4 is 52.2 Å². The van der Waals surface area contributed by atoms with Crippen molar-refractivity contribution in [3.05, 3.63) is 125 Å². The van der Waals surface area contributed by atoms with Gasteiger partial charge in [0.05, 0.1) is 35.5 Å². The fourth-order valence-corrected chi connectivity index (χ4v) is 5.89. The van der Waals surface area contributed by atoms with Gasteiger partial charge in [0, 0.05) is 46.9 Å². The molecule has 1 unspecified atom stereocenters. The van der Waals surface area contributed by atoms with Gasteiger partial charge in [0.1, 0.15) is 11.9 Å². The van der Waals surface area contributed by atoms with E-state index in [1.807, 2.05) is 86.6 Å². The molecule has 0 saturated heterocycles. The van der Waals surface area contributed by atoms with Gasteiger partial charge in [-0.05, 0) is 56.7 Å². The predicted molar refractivity (Wildman–Crippen MR) is 191 cm³/mol. The monoisotopic (exact) mass is 653 g/mol. The number of urea groups is 1. The summed E-state index contributed by atoms with van der Waals surface area (Å²) in [4.78, 5) is 47.8. The molecule has 2 aliphatic heterocycles. The van der Waals surface area contributed by atoms with Gasteiger partial charge in [-0.25, -0.2) is 9.78 Å². The van der Waals surface area contributed by atoms with Gasteiger partial charge in [-0.1, -0.05) is 48.5 Å². The summed E-state index contributed by atoms with van der Waals surface area (Å²) in [6.45, 7) is 5.87. The first-order valence-corrected chi connectivity index (χ1v) is 15.9. The normalized spacial score (nSPS) is 16.2. The average Bonchev–Trinajstić information content (AvgIpc) is 3.23. The van der Waals surface area contributed by atoms with Crippen LogP contribution in [-0.2, 0) is 11.3 Å². The van der Waals surface area contributed by atoms with Crippen LogP contribution in [0.1, 0.15) is 46.7 Å². The zero-order valence-corrected chi connectivity index (χ0v) is 27.5. The molecule has 2 aliphatic rings. The Morgan fingerprint density at radius 1 is 0.939 bits per heavy atom. The van der Waals surface area contributed by atoms with Crippen molar-refractivity contribution in [2.24, 2.45) is 4.99 Å². The third kappa shape index (κ3) is 6.29. The van der Waals surface area contributed by atoms with E-state index in [1.165, 1.54) is 4.90 Å². The lowest BCUT2D eigenvalue weighted by atomic mass is 9.98. The number of aliphatic hydroxyl groups is 1. The molecule has 0 fully saturated rings. The molecule has 2 aromatic heterocycles. The van der Waals surface area contributed by atoms with E-state index in [9.17, 15) is 14.7 Å². The maximum Gasteiger partial charge on any atom is 0.330 e. The number of amides is 3. The largest absolute Gasteiger partial charge is 0.369 e. The maximum absolute atomic E-state index is 13.7. The summed E-state index contributed by atoms with van der Waals surface area (Å²) in [6.07, 6.45) is 2.31. The number of carbonyl (C=O) groups excluding carboxylic acids is 2. The van der Waals surface area contributed by atoms with E-state index in [0.29, 0.717) is 40.1 Å². The zero-order valence-electron chi connectivity index (χ0n) is 27.5. The molecule has 0 spiro atoms. The minimum Gasteiger partial charge on any atom is -0.369 e. The molecule has 12 heteroatoms. The molecule has 0 bridgehead atoms. The molecule has 4 heterocycles. The molecule has 12 nitrogen and oxygen atoms in total. The highest BCUT2D eigenvalue weighted by Crippen LogP contribution is 2.35. The highest BCUT2D eigenvalue weighted by Gasteiger charge is 2.32. The Morgan fingerprint density at radius 2 is 1.73 bits per heavy atom. The number of aliphatic imine (C=N–C) groups is 1. The number of carbonyl (C=O) groups is 2. The summed E-state index contributed by atoms with van der Waals surface area (Å²) < 4.78 is 0. The molecule has 49 heavy (non-hydrogen) atoms. The number of hydrogen-bond donors (Lipinski definition) is 4.